The molecule has 1 unspecified atom stereocenters. The van der Waals surface area contributed by atoms with Crippen molar-refractivity contribution in [3.05, 3.63) is 78.4 Å². The molecule has 0 saturated carbocycles. The molecular weight excluding hydrogens is 402 g/mol. The minimum atomic E-state index is -3.83. The molecule has 0 amide bonds. The lowest BCUT2D eigenvalue weighted by Crippen LogP contribution is -2.38. The van der Waals surface area contributed by atoms with E-state index in [4.69, 9.17) is 9.47 Å². The van der Waals surface area contributed by atoms with Gasteiger partial charge in [0.05, 0.1) is 4.90 Å². The second-order valence-electron chi connectivity index (χ2n) is 7.35. The predicted octanol–water partition coefficient (Wildman–Crippen LogP) is 3.31. The fourth-order valence-corrected chi connectivity index (χ4v) is 4.41. The van der Waals surface area contributed by atoms with Gasteiger partial charge in [0.25, 0.3) is 0 Å². The lowest BCUT2D eigenvalue weighted by molar-refractivity contribution is 0.0627. The zero-order chi connectivity index (χ0) is 21.2. The molecule has 0 spiro atoms. The third kappa shape index (κ3) is 4.33. The molecule has 1 heterocycles. The molecule has 3 aromatic carbocycles. The van der Waals surface area contributed by atoms with Crippen molar-refractivity contribution in [1.82, 2.24) is 4.72 Å². The number of hydrogen-bond donors (Lipinski definition) is 2. The maximum absolute atomic E-state index is 12.7. The molecule has 2 N–H and O–H groups in total. The van der Waals surface area contributed by atoms with Gasteiger partial charge in [-0.3, -0.25) is 0 Å². The summed E-state index contributed by atoms with van der Waals surface area (Å²) < 4.78 is 38.8. The average Bonchev–Trinajstić information content (AvgIpc) is 2.78. The maximum Gasteiger partial charge on any atom is 0.240 e. The summed E-state index contributed by atoms with van der Waals surface area (Å²) in [5, 5.41) is 10.9. The number of benzene rings is 3. The Morgan fingerprint density at radius 2 is 1.53 bits per heavy atom. The highest BCUT2D eigenvalue weighted by Gasteiger charge is 2.27. The van der Waals surface area contributed by atoms with Crippen LogP contribution in [0, 0.1) is 0 Å². The lowest BCUT2D eigenvalue weighted by Gasteiger charge is -2.25. The Labute approximate surface area is 176 Å². The average molecular weight is 426 g/mol. The van der Waals surface area contributed by atoms with Crippen molar-refractivity contribution < 1.29 is 23.0 Å². The molecule has 156 valence electrons. The van der Waals surface area contributed by atoms with Crippen LogP contribution in [0.25, 0.3) is 11.1 Å². The predicted molar refractivity (Wildman–Crippen MR) is 114 cm³/mol. The molecule has 3 aromatic rings. The van der Waals surface area contributed by atoms with Gasteiger partial charge in [0.2, 0.25) is 10.0 Å². The third-order valence-corrected chi connectivity index (χ3v) is 6.44. The second-order valence-corrected chi connectivity index (χ2v) is 9.11. The van der Waals surface area contributed by atoms with E-state index in [-0.39, 0.29) is 11.4 Å². The monoisotopic (exact) mass is 425 g/mol. The molecule has 1 aliphatic rings. The van der Waals surface area contributed by atoms with E-state index in [2.05, 4.69) is 4.72 Å². The Morgan fingerprint density at radius 3 is 2.23 bits per heavy atom. The van der Waals surface area contributed by atoms with Gasteiger partial charge in [-0.2, -0.15) is 0 Å². The van der Waals surface area contributed by atoms with Crippen LogP contribution >= 0.6 is 0 Å². The number of fused-ring (bicyclic) bond motifs is 1. The molecule has 1 aliphatic heterocycles. The summed E-state index contributed by atoms with van der Waals surface area (Å²) in [6, 6.07) is 21.8. The van der Waals surface area contributed by atoms with E-state index in [0.29, 0.717) is 30.3 Å². The first-order valence-corrected chi connectivity index (χ1v) is 11.1. The number of hydrogen-bond acceptors (Lipinski definition) is 5. The highest BCUT2D eigenvalue weighted by molar-refractivity contribution is 7.89. The van der Waals surface area contributed by atoms with E-state index in [0.717, 1.165) is 11.1 Å². The van der Waals surface area contributed by atoms with Crippen LogP contribution in [0.5, 0.6) is 11.5 Å². The highest BCUT2D eigenvalue weighted by Crippen LogP contribution is 2.32. The van der Waals surface area contributed by atoms with Crippen molar-refractivity contribution in [1.29, 1.82) is 0 Å². The first-order valence-electron chi connectivity index (χ1n) is 9.63. The van der Waals surface area contributed by atoms with E-state index in [1.165, 1.54) is 12.1 Å². The van der Waals surface area contributed by atoms with Crippen LogP contribution in [0.2, 0.25) is 0 Å². The van der Waals surface area contributed by atoms with Crippen molar-refractivity contribution in [3.8, 4) is 22.6 Å². The molecule has 0 bridgehead atoms. The van der Waals surface area contributed by atoms with Crippen molar-refractivity contribution in [2.45, 2.75) is 17.4 Å². The zero-order valence-corrected chi connectivity index (χ0v) is 17.4. The van der Waals surface area contributed by atoms with Gasteiger partial charge in [-0.15, -0.1) is 0 Å². The van der Waals surface area contributed by atoms with Gasteiger partial charge in [-0.1, -0.05) is 54.6 Å². The summed E-state index contributed by atoms with van der Waals surface area (Å²) in [5.41, 5.74) is 1.33. The number of rotatable bonds is 6. The normalized spacial score (nSPS) is 15.4. The van der Waals surface area contributed by atoms with Crippen molar-refractivity contribution >= 4 is 10.0 Å². The van der Waals surface area contributed by atoms with Crippen LogP contribution < -0.4 is 14.2 Å². The molecule has 30 heavy (non-hydrogen) atoms. The summed E-state index contributed by atoms with van der Waals surface area (Å²) in [6.07, 6.45) is 0. The zero-order valence-electron chi connectivity index (χ0n) is 16.5. The Bertz CT molecular complexity index is 1130. The molecule has 0 saturated heterocycles. The first-order chi connectivity index (χ1) is 14.4. The smallest absolute Gasteiger partial charge is 0.240 e. The van der Waals surface area contributed by atoms with Crippen LogP contribution in [0.15, 0.2) is 77.7 Å². The molecule has 6 nitrogen and oxygen atoms in total. The minimum Gasteiger partial charge on any atom is -0.486 e. The molecule has 0 aliphatic carbocycles. The summed E-state index contributed by atoms with van der Waals surface area (Å²) in [7, 11) is -3.83. The van der Waals surface area contributed by atoms with Crippen LogP contribution in [0.4, 0.5) is 0 Å². The van der Waals surface area contributed by atoms with Crippen LogP contribution in [0.1, 0.15) is 12.5 Å². The molecular formula is C23H23NO5S. The van der Waals surface area contributed by atoms with Gasteiger partial charge in [0, 0.05) is 12.6 Å². The van der Waals surface area contributed by atoms with Crippen LogP contribution in [0.3, 0.4) is 0 Å². The number of aliphatic hydroxyl groups is 1. The van der Waals surface area contributed by atoms with Crippen molar-refractivity contribution in [2.24, 2.45) is 0 Å². The standard InChI is InChI=1S/C23H23NO5S/c1-23(25,19-9-7-18(8-10-19)17-5-3-2-4-6-17)16-24-30(26,27)20-11-12-21-22(15-20)29-14-13-28-21/h2-12,15,24-25H,13-14,16H2,1H3. The fraction of sp³-hybridized carbons (Fsp3) is 0.217. The van der Waals surface area contributed by atoms with Gasteiger partial charge >= 0.3 is 0 Å². The highest BCUT2D eigenvalue weighted by atomic mass is 32.2. The van der Waals surface area contributed by atoms with E-state index in [9.17, 15) is 13.5 Å². The summed E-state index contributed by atoms with van der Waals surface area (Å²) in [5.74, 6) is 0.915. The number of sulfonamides is 1. The lowest BCUT2D eigenvalue weighted by atomic mass is 9.94. The Hall–Kier alpha value is -2.87. The SMILES string of the molecule is CC(O)(CNS(=O)(=O)c1ccc2c(c1)OCCO2)c1ccc(-c2ccccc2)cc1. The van der Waals surface area contributed by atoms with Crippen LogP contribution in [-0.2, 0) is 15.6 Å². The largest absolute Gasteiger partial charge is 0.486 e. The summed E-state index contributed by atoms with van der Waals surface area (Å²) in [6.45, 7) is 2.21. The second kappa shape index (κ2) is 8.10. The molecule has 4 rings (SSSR count). The molecule has 0 fully saturated rings. The van der Waals surface area contributed by atoms with Crippen LogP contribution in [-0.4, -0.2) is 33.3 Å². The molecule has 0 aromatic heterocycles. The summed E-state index contributed by atoms with van der Waals surface area (Å²) >= 11 is 0. The van der Waals surface area contributed by atoms with E-state index in [1.54, 1.807) is 25.1 Å². The molecule has 0 radical (unpaired) electrons. The van der Waals surface area contributed by atoms with Gasteiger partial charge < -0.3 is 14.6 Å². The quantitative estimate of drug-likeness (QED) is 0.633. The van der Waals surface area contributed by atoms with E-state index >= 15 is 0 Å². The molecule has 1 atom stereocenters. The Morgan fingerprint density at radius 1 is 0.900 bits per heavy atom. The number of ether oxygens (including phenoxy) is 2. The van der Waals surface area contributed by atoms with Gasteiger partial charge in [0.15, 0.2) is 11.5 Å². The van der Waals surface area contributed by atoms with Gasteiger partial charge in [-0.05, 0) is 35.7 Å². The topological polar surface area (TPSA) is 84.9 Å². The fourth-order valence-electron chi connectivity index (χ4n) is 3.26. The third-order valence-electron chi connectivity index (χ3n) is 5.04. The maximum atomic E-state index is 12.7. The van der Waals surface area contributed by atoms with Crippen molar-refractivity contribution in [2.75, 3.05) is 19.8 Å². The summed E-state index contributed by atoms with van der Waals surface area (Å²) in [4.78, 5) is 0.0574. The van der Waals surface area contributed by atoms with Gasteiger partial charge in [-0.25, -0.2) is 13.1 Å². The number of nitrogens with one attached hydrogen (secondary N) is 1. The first kappa shape index (κ1) is 20.4. The van der Waals surface area contributed by atoms with E-state index in [1.807, 2.05) is 42.5 Å². The van der Waals surface area contributed by atoms with Crippen molar-refractivity contribution in [3.63, 3.8) is 0 Å². The van der Waals surface area contributed by atoms with E-state index < -0.39 is 15.6 Å². The van der Waals surface area contributed by atoms with Gasteiger partial charge in [0.1, 0.15) is 18.8 Å². The molecule has 7 heteroatoms. The Balaban J connectivity index is 1.48. The Kier molecular flexibility index (Phi) is 5.51. The minimum absolute atomic E-state index is 0.0574.